The van der Waals surface area contributed by atoms with Crippen molar-refractivity contribution in [3.05, 3.63) is 29.3 Å². The van der Waals surface area contributed by atoms with E-state index < -0.39 is 29.7 Å². The first-order chi connectivity index (χ1) is 14.9. The highest BCUT2D eigenvalue weighted by Crippen LogP contribution is 2.33. The van der Waals surface area contributed by atoms with Gasteiger partial charge < -0.3 is 14.8 Å². The van der Waals surface area contributed by atoms with Gasteiger partial charge in [-0.25, -0.2) is 0 Å². The summed E-state index contributed by atoms with van der Waals surface area (Å²) < 4.78 is 11.2. The third-order valence-electron chi connectivity index (χ3n) is 5.00. The summed E-state index contributed by atoms with van der Waals surface area (Å²) in [7, 11) is 0. The largest absolute Gasteiger partial charge is 0.490 e. The van der Waals surface area contributed by atoms with Gasteiger partial charge in [0, 0.05) is 26.5 Å². The summed E-state index contributed by atoms with van der Waals surface area (Å²) in [6, 6.07) is 3.69. The minimum absolute atomic E-state index is 0.0612. The normalized spacial score (nSPS) is 18.1. The summed E-state index contributed by atoms with van der Waals surface area (Å²) in [5, 5.41) is 4.88. The number of benzene rings is 1. The SMILES string of the molecule is CC(=O)NCCCCOCCOc1cccc2c1C(=O)N(C1CCC(=O)NC1=O)C2=O. The van der Waals surface area contributed by atoms with Crippen molar-refractivity contribution in [2.45, 2.75) is 38.6 Å². The van der Waals surface area contributed by atoms with Crippen LogP contribution in [0.15, 0.2) is 18.2 Å². The zero-order valence-corrected chi connectivity index (χ0v) is 17.3. The monoisotopic (exact) mass is 431 g/mol. The number of nitrogens with zero attached hydrogens (tertiary/aromatic N) is 1. The average Bonchev–Trinajstić information content (AvgIpc) is 2.98. The number of amides is 5. The van der Waals surface area contributed by atoms with Crippen molar-refractivity contribution in [2.75, 3.05) is 26.4 Å². The second kappa shape index (κ2) is 10.2. The van der Waals surface area contributed by atoms with Gasteiger partial charge in [0.1, 0.15) is 18.4 Å². The fourth-order valence-corrected chi connectivity index (χ4v) is 3.51. The average molecular weight is 431 g/mol. The number of ether oxygens (including phenoxy) is 2. The van der Waals surface area contributed by atoms with E-state index in [2.05, 4.69) is 10.6 Å². The highest BCUT2D eigenvalue weighted by Gasteiger charge is 2.45. The molecule has 5 amide bonds. The Kier molecular flexibility index (Phi) is 7.35. The van der Waals surface area contributed by atoms with Crippen LogP contribution in [0.3, 0.4) is 0 Å². The van der Waals surface area contributed by atoms with Crippen LogP contribution < -0.4 is 15.4 Å². The Labute approximate surface area is 179 Å². The molecule has 2 heterocycles. The number of unbranched alkanes of at least 4 members (excludes halogenated alkanes) is 1. The number of hydrogen-bond acceptors (Lipinski definition) is 7. The molecule has 0 aliphatic carbocycles. The number of carbonyl (C=O) groups is 5. The molecule has 10 nitrogen and oxygen atoms in total. The molecule has 3 rings (SSSR count). The molecule has 31 heavy (non-hydrogen) atoms. The van der Waals surface area contributed by atoms with E-state index in [4.69, 9.17) is 9.47 Å². The first-order valence-corrected chi connectivity index (χ1v) is 10.2. The maximum Gasteiger partial charge on any atom is 0.266 e. The van der Waals surface area contributed by atoms with Gasteiger partial charge in [-0.1, -0.05) is 6.07 Å². The number of imide groups is 2. The summed E-state index contributed by atoms with van der Waals surface area (Å²) in [6.07, 6.45) is 1.76. The van der Waals surface area contributed by atoms with Gasteiger partial charge in [0.25, 0.3) is 11.8 Å². The van der Waals surface area contributed by atoms with E-state index in [1.165, 1.54) is 13.0 Å². The predicted octanol–water partition coefficient (Wildman–Crippen LogP) is 0.400. The summed E-state index contributed by atoms with van der Waals surface area (Å²) in [6.45, 7) is 3.06. The van der Waals surface area contributed by atoms with E-state index in [9.17, 15) is 24.0 Å². The van der Waals surface area contributed by atoms with Crippen LogP contribution in [-0.2, 0) is 19.1 Å². The standard InChI is InChI=1S/C21H25N3O7/c1-13(25)22-9-2-3-10-30-11-12-31-16-6-4-5-14-18(16)21(29)24(20(14)28)15-7-8-17(26)23-19(15)27/h4-6,15H,2-3,7-12H2,1H3,(H,22,25)(H,23,26,27). The lowest BCUT2D eigenvalue weighted by Crippen LogP contribution is -2.54. The topological polar surface area (TPSA) is 131 Å². The van der Waals surface area contributed by atoms with Crippen LogP contribution in [0.4, 0.5) is 0 Å². The van der Waals surface area contributed by atoms with Gasteiger partial charge >= 0.3 is 0 Å². The summed E-state index contributed by atoms with van der Waals surface area (Å²) in [5.74, 6) is -2.06. The van der Waals surface area contributed by atoms with E-state index >= 15 is 0 Å². The summed E-state index contributed by atoms with van der Waals surface area (Å²) >= 11 is 0. The van der Waals surface area contributed by atoms with Gasteiger partial charge in [0.2, 0.25) is 17.7 Å². The fourth-order valence-electron chi connectivity index (χ4n) is 3.51. The van der Waals surface area contributed by atoms with Crippen LogP contribution in [0.5, 0.6) is 5.75 Å². The van der Waals surface area contributed by atoms with Crippen molar-refractivity contribution in [2.24, 2.45) is 0 Å². The molecule has 10 heteroatoms. The molecule has 1 fully saturated rings. The molecule has 1 saturated heterocycles. The van der Waals surface area contributed by atoms with Gasteiger partial charge in [-0.15, -0.1) is 0 Å². The van der Waals surface area contributed by atoms with Crippen LogP contribution in [-0.4, -0.2) is 66.8 Å². The van der Waals surface area contributed by atoms with Crippen molar-refractivity contribution in [3.8, 4) is 5.75 Å². The van der Waals surface area contributed by atoms with Gasteiger partial charge in [0.15, 0.2) is 0 Å². The third kappa shape index (κ3) is 5.26. The zero-order valence-electron chi connectivity index (χ0n) is 17.3. The summed E-state index contributed by atoms with van der Waals surface area (Å²) in [5.41, 5.74) is 0.290. The van der Waals surface area contributed by atoms with Gasteiger partial charge in [-0.05, 0) is 31.4 Å². The highest BCUT2D eigenvalue weighted by molar-refractivity contribution is 6.24. The first-order valence-electron chi connectivity index (χ1n) is 10.2. The Bertz CT molecular complexity index is 899. The minimum atomic E-state index is -1.02. The lowest BCUT2D eigenvalue weighted by atomic mass is 10.0. The summed E-state index contributed by atoms with van der Waals surface area (Å²) in [4.78, 5) is 60.9. The molecule has 0 aromatic heterocycles. The molecule has 0 spiro atoms. The molecule has 0 saturated carbocycles. The Morgan fingerprint density at radius 1 is 1.13 bits per heavy atom. The molecule has 0 radical (unpaired) electrons. The van der Waals surface area contributed by atoms with Crippen LogP contribution in [0.1, 0.15) is 53.3 Å². The molecular formula is C21H25N3O7. The Morgan fingerprint density at radius 2 is 1.94 bits per heavy atom. The number of rotatable bonds is 10. The lowest BCUT2D eigenvalue weighted by molar-refractivity contribution is -0.136. The zero-order chi connectivity index (χ0) is 22.4. The molecular weight excluding hydrogens is 406 g/mol. The number of piperidine rings is 1. The van der Waals surface area contributed by atoms with Gasteiger partial charge in [-0.3, -0.25) is 34.2 Å². The minimum Gasteiger partial charge on any atom is -0.490 e. The van der Waals surface area contributed by atoms with E-state index in [0.717, 1.165) is 17.7 Å². The Hall–Kier alpha value is -3.27. The van der Waals surface area contributed by atoms with Crippen LogP contribution in [0.2, 0.25) is 0 Å². The quantitative estimate of drug-likeness (QED) is 0.405. The number of hydrogen-bond donors (Lipinski definition) is 2. The molecule has 0 bridgehead atoms. The van der Waals surface area contributed by atoms with Crippen LogP contribution in [0.25, 0.3) is 0 Å². The Morgan fingerprint density at radius 3 is 2.68 bits per heavy atom. The molecule has 2 N–H and O–H groups in total. The van der Waals surface area contributed by atoms with Gasteiger partial charge in [-0.2, -0.15) is 0 Å². The number of carbonyl (C=O) groups excluding carboxylic acids is 5. The maximum absolute atomic E-state index is 12.9. The molecule has 1 aromatic rings. The van der Waals surface area contributed by atoms with E-state index in [1.807, 2.05) is 0 Å². The van der Waals surface area contributed by atoms with Crippen molar-refractivity contribution >= 4 is 29.5 Å². The molecule has 2 aliphatic rings. The highest BCUT2D eigenvalue weighted by atomic mass is 16.5. The fraction of sp³-hybridized carbons (Fsp3) is 0.476. The molecule has 1 atom stereocenters. The predicted molar refractivity (Wildman–Crippen MR) is 107 cm³/mol. The molecule has 1 aromatic carbocycles. The lowest BCUT2D eigenvalue weighted by Gasteiger charge is -2.27. The first kappa shape index (κ1) is 22.4. The smallest absolute Gasteiger partial charge is 0.266 e. The second-order valence-corrected chi connectivity index (χ2v) is 7.28. The van der Waals surface area contributed by atoms with Crippen molar-refractivity contribution in [1.29, 1.82) is 0 Å². The van der Waals surface area contributed by atoms with Crippen molar-refractivity contribution in [1.82, 2.24) is 15.5 Å². The molecule has 2 aliphatic heterocycles. The molecule has 1 unspecified atom stereocenters. The van der Waals surface area contributed by atoms with E-state index in [0.29, 0.717) is 19.8 Å². The van der Waals surface area contributed by atoms with Gasteiger partial charge in [0.05, 0.1) is 17.7 Å². The maximum atomic E-state index is 12.9. The van der Waals surface area contributed by atoms with E-state index in [1.54, 1.807) is 12.1 Å². The van der Waals surface area contributed by atoms with E-state index in [-0.39, 0.29) is 42.2 Å². The van der Waals surface area contributed by atoms with Crippen molar-refractivity contribution < 1.29 is 33.4 Å². The van der Waals surface area contributed by atoms with Crippen molar-refractivity contribution in [3.63, 3.8) is 0 Å². The number of nitrogens with one attached hydrogen (secondary N) is 2. The Balaban J connectivity index is 1.53. The van der Waals surface area contributed by atoms with Crippen LogP contribution in [0, 0.1) is 0 Å². The number of fused-ring (bicyclic) bond motifs is 1. The second-order valence-electron chi connectivity index (χ2n) is 7.28. The molecule has 166 valence electrons. The third-order valence-corrected chi connectivity index (χ3v) is 5.00. The van der Waals surface area contributed by atoms with Crippen LogP contribution >= 0.6 is 0 Å².